The summed E-state index contributed by atoms with van der Waals surface area (Å²) in [5.74, 6) is -0.226. The lowest BCUT2D eigenvalue weighted by molar-refractivity contribution is -0.139. The highest BCUT2D eigenvalue weighted by Crippen LogP contribution is 2.09. The maximum absolute atomic E-state index is 10.5. The lowest BCUT2D eigenvalue weighted by Gasteiger charge is -2.02. The van der Waals surface area contributed by atoms with Gasteiger partial charge >= 0.3 is 5.97 Å². The Morgan fingerprint density at radius 3 is 2.43 bits per heavy atom. The van der Waals surface area contributed by atoms with Gasteiger partial charge in [-0.1, -0.05) is 11.1 Å². The number of rotatable bonds is 6. The molecule has 14 heavy (non-hydrogen) atoms. The molecule has 2 heteroatoms. The third kappa shape index (κ3) is 9.04. The Balaban J connectivity index is 3.56. The fraction of sp³-hybridized carbons (Fsp3) is 0.583. The number of carbonyl (C=O) groups is 1. The molecule has 0 aromatic rings. The average Bonchev–Trinajstić information content (AvgIpc) is 2.02. The number of allylic oxidation sites excluding steroid dienone is 2. The van der Waals surface area contributed by atoms with Crippen molar-refractivity contribution in [3.05, 3.63) is 23.8 Å². The van der Waals surface area contributed by atoms with Gasteiger partial charge in [-0.25, -0.2) is 0 Å². The number of esters is 1. The van der Waals surface area contributed by atoms with Crippen LogP contribution in [0.5, 0.6) is 0 Å². The molecule has 0 aliphatic heterocycles. The third-order valence-corrected chi connectivity index (χ3v) is 1.89. The van der Waals surface area contributed by atoms with E-state index in [1.807, 2.05) is 13.0 Å². The molecule has 0 aromatic carbocycles. The van der Waals surface area contributed by atoms with E-state index in [1.54, 1.807) is 0 Å². The van der Waals surface area contributed by atoms with Gasteiger partial charge in [0.05, 0.1) is 0 Å². The molecule has 80 valence electrons. The van der Waals surface area contributed by atoms with Gasteiger partial charge in [0.25, 0.3) is 0 Å². The van der Waals surface area contributed by atoms with Gasteiger partial charge in [0.1, 0.15) is 6.61 Å². The Labute approximate surface area is 86.6 Å². The summed E-state index contributed by atoms with van der Waals surface area (Å²) in [5.41, 5.74) is 2.49. The van der Waals surface area contributed by atoms with Gasteiger partial charge < -0.3 is 4.74 Å². The topological polar surface area (TPSA) is 26.3 Å². The smallest absolute Gasteiger partial charge is 0.302 e. The zero-order valence-corrected chi connectivity index (χ0v) is 9.43. The second-order valence-corrected chi connectivity index (χ2v) is 3.66. The predicted octanol–water partition coefficient (Wildman–Crippen LogP) is 3.24. The highest BCUT2D eigenvalue weighted by molar-refractivity contribution is 5.66. The lowest BCUT2D eigenvalue weighted by Crippen LogP contribution is -1.98. The minimum Gasteiger partial charge on any atom is -0.462 e. The van der Waals surface area contributed by atoms with E-state index in [0.717, 1.165) is 19.3 Å². The monoisotopic (exact) mass is 196 g/mol. The van der Waals surface area contributed by atoms with Crippen LogP contribution in [0.2, 0.25) is 0 Å². The van der Waals surface area contributed by atoms with E-state index < -0.39 is 0 Å². The Morgan fingerprint density at radius 1 is 1.29 bits per heavy atom. The maximum Gasteiger partial charge on any atom is 0.302 e. The molecule has 0 spiro atoms. The van der Waals surface area contributed by atoms with E-state index >= 15 is 0 Å². The van der Waals surface area contributed by atoms with E-state index in [2.05, 4.69) is 13.5 Å². The Bertz CT molecular complexity index is 226. The molecule has 0 aliphatic carbocycles. The number of hydrogen-bond donors (Lipinski definition) is 0. The fourth-order valence-electron chi connectivity index (χ4n) is 1.07. The SMILES string of the molecule is C=C(C)CCC/C(C)=C\COC(C)=O. The first-order chi connectivity index (χ1) is 6.52. The molecule has 0 bridgehead atoms. The van der Waals surface area contributed by atoms with Crippen molar-refractivity contribution in [2.24, 2.45) is 0 Å². The number of carbonyl (C=O) groups excluding carboxylic acids is 1. The molecule has 0 heterocycles. The standard InChI is InChI=1S/C12H20O2/c1-10(2)6-5-7-11(3)8-9-14-12(4)13/h8H,1,5-7,9H2,2-4H3/b11-8-. The van der Waals surface area contributed by atoms with Crippen LogP contribution in [-0.4, -0.2) is 12.6 Å². The molecule has 0 unspecified atom stereocenters. The summed E-state index contributed by atoms with van der Waals surface area (Å²) < 4.78 is 4.81. The summed E-state index contributed by atoms with van der Waals surface area (Å²) in [7, 11) is 0. The van der Waals surface area contributed by atoms with Gasteiger partial charge in [-0.05, 0) is 39.2 Å². The number of ether oxygens (including phenoxy) is 1. The molecular weight excluding hydrogens is 176 g/mol. The molecule has 2 nitrogen and oxygen atoms in total. The van der Waals surface area contributed by atoms with Crippen LogP contribution in [0.1, 0.15) is 40.0 Å². The minimum absolute atomic E-state index is 0.226. The second kappa shape index (κ2) is 7.36. The highest BCUT2D eigenvalue weighted by atomic mass is 16.5. The van der Waals surface area contributed by atoms with Crippen LogP contribution in [0.3, 0.4) is 0 Å². The number of hydrogen-bond acceptors (Lipinski definition) is 2. The van der Waals surface area contributed by atoms with Crippen LogP contribution < -0.4 is 0 Å². The second-order valence-electron chi connectivity index (χ2n) is 3.66. The van der Waals surface area contributed by atoms with E-state index in [-0.39, 0.29) is 5.97 Å². The van der Waals surface area contributed by atoms with Crippen molar-refractivity contribution in [2.75, 3.05) is 6.61 Å². The van der Waals surface area contributed by atoms with Gasteiger partial charge in [0.2, 0.25) is 0 Å². The molecule has 0 atom stereocenters. The lowest BCUT2D eigenvalue weighted by atomic mass is 10.1. The summed E-state index contributed by atoms with van der Waals surface area (Å²) in [5, 5.41) is 0. The van der Waals surface area contributed by atoms with Crippen molar-refractivity contribution in [2.45, 2.75) is 40.0 Å². The van der Waals surface area contributed by atoms with Gasteiger partial charge in [-0.15, -0.1) is 6.58 Å². The summed E-state index contributed by atoms with van der Waals surface area (Å²) in [6.45, 7) is 9.76. The third-order valence-electron chi connectivity index (χ3n) is 1.89. The summed E-state index contributed by atoms with van der Waals surface area (Å²) in [6, 6.07) is 0. The summed E-state index contributed by atoms with van der Waals surface area (Å²) in [4.78, 5) is 10.5. The van der Waals surface area contributed by atoms with E-state index in [4.69, 9.17) is 4.74 Å². The van der Waals surface area contributed by atoms with Crippen LogP contribution in [0.15, 0.2) is 23.8 Å². The zero-order chi connectivity index (χ0) is 11.0. The minimum atomic E-state index is -0.226. The van der Waals surface area contributed by atoms with Crippen LogP contribution >= 0.6 is 0 Å². The molecule has 0 radical (unpaired) electrons. The van der Waals surface area contributed by atoms with Crippen LogP contribution in [-0.2, 0) is 9.53 Å². The summed E-state index contributed by atoms with van der Waals surface area (Å²) in [6.07, 6.45) is 5.20. The van der Waals surface area contributed by atoms with E-state index in [9.17, 15) is 4.79 Å². The first kappa shape index (κ1) is 12.9. The van der Waals surface area contributed by atoms with Gasteiger partial charge in [-0.2, -0.15) is 0 Å². The highest BCUT2D eigenvalue weighted by Gasteiger charge is 1.93. The van der Waals surface area contributed by atoms with Gasteiger partial charge in [0.15, 0.2) is 0 Å². The van der Waals surface area contributed by atoms with Gasteiger partial charge in [-0.3, -0.25) is 4.79 Å². The largest absolute Gasteiger partial charge is 0.462 e. The molecular formula is C12H20O2. The fourth-order valence-corrected chi connectivity index (χ4v) is 1.07. The van der Waals surface area contributed by atoms with Crippen molar-refractivity contribution >= 4 is 5.97 Å². The molecule has 0 saturated heterocycles. The molecule has 0 N–H and O–H groups in total. The molecule has 0 aliphatic rings. The van der Waals surface area contributed by atoms with Crippen molar-refractivity contribution < 1.29 is 9.53 Å². The Kier molecular flexibility index (Phi) is 6.81. The van der Waals surface area contributed by atoms with Crippen molar-refractivity contribution in [1.82, 2.24) is 0 Å². The molecule has 0 aromatic heterocycles. The van der Waals surface area contributed by atoms with E-state index in [1.165, 1.54) is 18.1 Å². The van der Waals surface area contributed by atoms with Crippen molar-refractivity contribution in [1.29, 1.82) is 0 Å². The molecule has 0 rings (SSSR count). The van der Waals surface area contributed by atoms with Crippen LogP contribution in [0.25, 0.3) is 0 Å². The quantitative estimate of drug-likeness (QED) is 0.481. The Hall–Kier alpha value is -1.05. The maximum atomic E-state index is 10.5. The van der Waals surface area contributed by atoms with Crippen LogP contribution in [0, 0.1) is 0 Å². The summed E-state index contributed by atoms with van der Waals surface area (Å²) >= 11 is 0. The Morgan fingerprint density at radius 2 is 1.93 bits per heavy atom. The zero-order valence-electron chi connectivity index (χ0n) is 9.43. The molecule has 0 saturated carbocycles. The first-order valence-corrected chi connectivity index (χ1v) is 4.95. The van der Waals surface area contributed by atoms with Crippen molar-refractivity contribution in [3.8, 4) is 0 Å². The van der Waals surface area contributed by atoms with Crippen molar-refractivity contribution in [3.63, 3.8) is 0 Å². The van der Waals surface area contributed by atoms with Gasteiger partial charge in [0, 0.05) is 6.92 Å². The van der Waals surface area contributed by atoms with E-state index in [0.29, 0.717) is 6.61 Å². The molecule has 0 fully saturated rings. The predicted molar refractivity (Wildman–Crippen MR) is 59.1 cm³/mol. The first-order valence-electron chi connectivity index (χ1n) is 4.95. The molecule has 0 amide bonds. The normalized spacial score (nSPS) is 11.2. The van der Waals surface area contributed by atoms with Crippen LogP contribution in [0.4, 0.5) is 0 Å². The average molecular weight is 196 g/mol.